The van der Waals surface area contributed by atoms with E-state index in [4.69, 9.17) is 19.9 Å². The molecule has 1 aromatic rings. The van der Waals surface area contributed by atoms with Gasteiger partial charge in [-0.05, 0) is 29.7 Å². The predicted octanol–water partition coefficient (Wildman–Crippen LogP) is 1.21. The minimum absolute atomic E-state index is 0.00353. The summed E-state index contributed by atoms with van der Waals surface area (Å²) in [6, 6.07) is 6.48. The number of benzene rings is 1. The van der Waals surface area contributed by atoms with Crippen molar-refractivity contribution >= 4 is 0 Å². The van der Waals surface area contributed by atoms with Crippen LogP contribution in [0, 0.1) is 0 Å². The molecule has 0 saturated carbocycles. The fraction of sp³-hybridized carbons (Fsp3) is 0.625. The average molecular weight is 294 g/mol. The van der Waals surface area contributed by atoms with E-state index >= 15 is 0 Å². The topological polar surface area (TPSA) is 57.0 Å². The lowest BCUT2D eigenvalue weighted by molar-refractivity contribution is 0.0821. The third-order valence-corrected chi connectivity index (χ3v) is 4.19. The van der Waals surface area contributed by atoms with E-state index in [-0.39, 0.29) is 12.1 Å². The third-order valence-electron chi connectivity index (χ3n) is 4.19. The van der Waals surface area contributed by atoms with E-state index in [1.54, 1.807) is 21.3 Å². The second kappa shape index (κ2) is 7.75. The van der Waals surface area contributed by atoms with Crippen molar-refractivity contribution in [1.82, 2.24) is 4.90 Å². The van der Waals surface area contributed by atoms with Crippen molar-refractivity contribution in [3.05, 3.63) is 29.3 Å². The maximum Gasteiger partial charge on any atom is 0.119 e. The molecule has 21 heavy (non-hydrogen) atoms. The van der Waals surface area contributed by atoms with E-state index in [2.05, 4.69) is 17.0 Å². The van der Waals surface area contributed by atoms with Crippen LogP contribution >= 0.6 is 0 Å². The fourth-order valence-electron chi connectivity index (χ4n) is 2.97. The molecule has 118 valence electrons. The zero-order chi connectivity index (χ0) is 15.2. The van der Waals surface area contributed by atoms with Gasteiger partial charge in [0.25, 0.3) is 0 Å². The van der Waals surface area contributed by atoms with E-state index in [0.29, 0.717) is 13.2 Å². The first kappa shape index (κ1) is 16.2. The maximum atomic E-state index is 6.48. The standard InChI is InChI=1S/C16H26N2O3/c1-19-8-6-18(7-9-20-2)15-10-12-4-5-13(21-3)11-14(12)16(15)17/h4-5,11,15-16H,6-10,17H2,1-3H3. The Hall–Kier alpha value is -1.14. The number of nitrogens with two attached hydrogens (primary N) is 1. The lowest BCUT2D eigenvalue weighted by atomic mass is 10.1. The molecule has 0 fully saturated rings. The summed E-state index contributed by atoms with van der Waals surface area (Å²) in [6.07, 6.45) is 0.966. The number of ether oxygens (including phenoxy) is 3. The van der Waals surface area contributed by atoms with Crippen LogP contribution < -0.4 is 10.5 Å². The minimum Gasteiger partial charge on any atom is -0.497 e. The van der Waals surface area contributed by atoms with Crippen LogP contribution in [0.4, 0.5) is 0 Å². The van der Waals surface area contributed by atoms with Crippen molar-refractivity contribution < 1.29 is 14.2 Å². The highest BCUT2D eigenvalue weighted by Gasteiger charge is 2.33. The Labute approximate surface area is 127 Å². The van der Waals surface area contributed by atoms with Gasteiger partial charge in [0.1, 0.15) is 5.75 Å². The summed E-state index contributed by atoms with van der Waals surface area (Å²) in [5, 5.41) is 0. The molecule has 2 N–H and O–H groups in total. The summed E-state index contributed by atoms with van der Waals surface area (Å²) >= 11 is 0. The van der Waals surface area contributed by atoms with Gasteiger partial charge in [0.2, 0.25) is 0 Å². The van der Waals surface area contributed by atoms with Gasteiger partial charge in [-0.15, -0.1) is 0 Å². The quantitative estimate of drug-likeness (QED) is 0.781. The lowest BCUT2D eigenvalue weighted by Crippen LogP contribution is -2.44. The molecule has 2 rings (SSSR count). The Balaban J connectivity index is 2.12. The largest absolute Gasteiger partial charge is 0.497 e. The van der Waals surface area contributed by atoms with Crippen molar-refractivity contribution in [2.75, 3.05) is 47.6 Å². The van der Waals surface area contributed by atoms with Gasteiger partial charge in [0, 0.05) is 39.4 Å². The Morgan fingerprint density at radius 2 is 1.81 bits per heavy atom. The zero-order valence-corrected chi connectivity index (χ0v) is 13.2. The predicted molar refractivity (Wildman–Crippen MR) is 82.7 cm³/mol. The summed E-state index contributed by atoms with van der Waals surface area (Å²) in [4.78, 5) is 2.37. The molecule has 0 amide bonds. The molecular weight excluding hydrogens is 268 g/mol. The molecule has 0 aliphatic heterocycles. The molecule has 2 atom stereocenters. The summed E-state index contributed by atoms with van der Waals surface area (Å²) in [5.74, 6) is 0.866. The van der Waals surface area contributed by atoms with E-state index in [9.17, 15) is 0 Å². The molecule has 1 aromatic carbocycles. The van der Waals surface area contributed by atoms with Crippen molar-refractivity contribution in [3.63, 3.8) is 0 Å². The van der Waals surface area contributed by atoms with Gasteiger partial charge in [0.05, 0.1) is 20.3 Å². The second-order valence-corrected chi connectivity index (χ2v) is 5.38. The first-order chi connectivity index (χ1) is 10.2. The highest BCUT2D eigenvalue weighted by atomic mass is 16.5. The summed E-state index contributed by atoms with van der Waals surface area (Å²) in [5.41, 5.74) is 8.99. The van der Waals surface area contributed by atoms with Gasteiger partial charge >= 0.3 is 0 Å². The normalized spacial score (nSPS) is 20.8. The summed E-state index contributed by atoms with van der Waals surface area (Å²) < 4.78 is 15.7. The molecule has 5 nitrogen and oxygen atoms in total. The monoisotopic (exact) mass is 294 g/mol. The Bertz CT molecular complexity index is 445. The summed E-state index contributed by atoms with van der Waals surface area (Å²) in [7, 11) is 5.13. The Kier molecular flexibility index (Phi) is 5.99. The molecule has 0 saturated heterocycles. The minimum atomic E-state index is 0.00353. The molecule has 2 unspecified atom stereocenters. The molecule has 1 aliphatic rings. The van der Waals surface area contributed by atoms with Crippen LogP contribution in [0.15, 0.2) is 18.2 Å². The molecule has 0 bridgehead atoms. The molecule has 0 spiro atoms. The molecule has 0 aromatic heterocycles. The third kappa shape index (κ3) is 3.74. The van der Waals surface area contributed by atoms with Crippen LogP contribution in [0.2, 0.25) is 0 Å². The van der Waals surface area contributed by atoms with Crippen molar-refractivity contribution in [2.24, 2.45) is 5.73 Å². The second-order valence-electron chi connectivity index (χ2n) is 5.38. The van der Waals surface area contributed by atoms with Crippen molar-refractivity contribution in [3.8, 4) is 5.75 Å². The van der Waals surface area contributed by atoms with Gasteiger partial charge in [-0.2, -0.15) is 0 Å². The van der Waals surface area contributed by atoms with Gasteiger partial charge < -0.3 is 19.9 Å². The van der Waals surface area contributed by atoms with Crippen LogP contribution in [0.5, 0.6) is 5.75 Å². The summed E-state index contributed by atoms with van der Waals surface area (Å²) in [6.45, 7) is 3.13. The number of rotatable bonds is 8. The lowest BCUT2D eigenvalue weighted by Gasteiger charge is -2.31. The van der Waals surface area contributed by atoms with Crippen LogP contribution in [0.1, 0.15) is 17.2 Å². The van der Waals surface area contributed by atoms with E-state index in [1.807, 2.05) is 6.07 Å². The number of nitrogens with zero attached hydrogens (tertiary/aromatic N) is 1. The van der Waals surface area contributed by atoms with Crippen LogP contribution in [0.25, 0.3) is 0 Å². The number of methoxy groups -OCH3 is 3. The van der Waals surface area contributed by atoms with Crippen LogP contribution in [-0.2, 0) is 15.9 Å². The average Bonchev–Trinajstić information content (AvgIpc) is 2.84. The van der Waals surface area contributed by atoms with Gasteiger partial charge in [0.15, 0.2) is 0 Å². The highest BCUT2D eigenvalue weighted by Crippen LogP contribution is 2.35. The molecule has 0 radical (unpaired) electrons. The van der Waals surface area contributed by atoms with Gasteiger partial charge in [-0.25, -0.2) is 0 Å². The van der Waals surface area contributed by atoms with Gasteiger partial charge in [-0.3, -0.25) is 4.90 Å². The smallest absolute Gasteiger partial charge is 0.119 e. The fourth-order valence-corrected chi connectivity index (χ4v) is 2.97. The molecule has 1 aliphatic carbocycles. The van der Waals surface area contributed by atoms with E-state index in [1.165, 1.54) is 11.1 Å². The first-order valence-corrected chi connectivity index (χ1v) is 7.35. The van der Waals surface area contributed by atoms with Crippen LogP contribution in [-0.4, -0.2) is 58.6 Å². The Morgan fingerprint density at radius 1 is 1.14 bits per heavy atom. The van der Waals surface area contributed by atoms with Crippen LogP contribution in [0.3, 0.4) is 0 Å². The number of fused-ring (bicyclic) bond motifs is 1. The molecule has 5 heteroatoms. The van der Waals surface area contributed by atoms with E-state index < -0.39 is 0 Å². The molecular formula is C16H26N2O3. The van der Waals surface area contributed by atoms with Crippen molar-refractivity contribution in [1.29, 1.82) is 0 Å². The van der Waals surface area contributed by atoms with E-state index in [0.717, 1.165) is 25.3 Å². The number of hydrogen-bond donors (Lipinski definition) is 1. The first-order valence-electron chi connectivity index (χ1n) is 7.35. The zero-order valence-electron chi connectivity index (χ0n) is 13.2. The number of hydrogen-bond acceptors (Lipinski definition) is 5. The van der Waals surface area contributed by atoms with Crippen molar-refractivity contribution in [2.45, 2.75) is 18.5 Å². The van der Waals surface area contributed by atoms with Gasteiger partial charge in [-0.1, -0.05) is 6.07 Å². The SMILES string of the molecule is COCCN(CCOC)C1Cc2ccc(OC)cc2C1N. The Morgan fingerprint density at radius 3 is 2.38 bits per heavy atom. The highest BCUT2D eigenvalue weighted by molar-refractivity contribution is 5.42. The maximum absolute atomic E-state index is 6.48. The molecule has 0 heterocycles.